The largest absolute Gasteiger partial charge is 0.493 e. The Labute approximate surface area is 116 Å². The third-order valence-corrected chi connectivity index (χ3v) is 3.52. The Bertz CT molecular complexity index is 600. The minimum Gasteiger partial charge on any atom is -0.493 e. The van der Waals surface area contributed by atoms with E-state index in [0.717, 1.165) is 11.1 Å². The minimum atomic E-state index is -0.373. The predicted molar refractivity (Wildman–Crippen MR) is 79.1 cm³/mol. The lowest BCUT2D eigenvalue weighted by molar-refractivity contribution is -0.383. The van der Waals surface area contributed by atoms with Gasteiger partial charge in [-0.3, -0.25) is 10.1 Å². The number of hydrogen-bond acceptors (Lipinski definition) is 4. The van der Waals surface area contributed by atoms with Crippen molar-refractivity contribution in [1.29, 1.82) is 0 Å². The molecule has 1 unspecified atom stereocenters. The smallest absolute Gasteiger partial charge is 0.277 e. The summed E-state index contributed by atoms with van der Waals surface area (Å²) >= 11 is 4.21. The van der Waals surface area contributed by atoms with Crippen LogP contribution in [0.2, 0.25) is 0 Å². The van der Waals surface area contributed by atoms with Crippen molar-refractivity contribution in [2.75, 3.05) is 12.4 Å². The van der Waals surface area contributed by atoms with Gasteiger partial charge in [0.15, 0.2) is 0 Å². The Hall–Kier alpha value is -1.75. The van der Waals surface area contributed by atoms with Gasteiger partial charge in [0.25, 0.3) is 5.69 Å². The molecule has 0 aromatic heterocycles. The van der Waals surface area contributed by atoms with Gasteiger partial charge >= 0.3 is 0 Å². The monoisotopic (exact) mass is 277 g/mol. The lowest BCUT2D eigenvalue weighted by Crippen LogP contribution is -2.10. The normalized spacial score (nSPS) is 12.3. The van der Waals surface area contributed by atoms with Crippen LogP contribution in [0.3, 0.4) is 0 Å². The second-order valence-corrected chi connectivity index (χ2v) is 4.85. The van der Waals surface area contributed by atoms with E-state index in [1.165, 1.54) is 6.07 Å². The fourth-order valence-corrected chi connectivity index (χ4v) is 1.93. The number of thiol groups is 1. The van der Waals surface area contributed by atoms with Crippen molar-refractivity contribution in [3.05, 3.63) is 46.5 Å². The van der Waals surface area contributed by atoms with Crippen LogP contribution in [-0.2, 0) is 0 Å². The zero-order chi connectivity index (χ0) is 13.8. The molecular weight excluding hydrogens is 262 g/mol. The lowest BCUT2D eigenvalue weighted by Gasteiger charge is -2.12. The fraction of sp³-hybridized carbons (Fsp3) is 0.286. The molecule has 0 spiro atoms. The van der Waals surface area contributed by atoms with Gasteiger partial charge in [0.1, 0.15) is 5.75 Å². The van der Waals surface area contributed by atoms with Crippen LogP contribution in [0.1, 0.15) is 6.92 Å². The molecule has 0 aliphatic carbocycles. The number of ether oxygens (including phenoxy) is 1. The van der Waals surface area contributed by atoms with Crippen LogP contribution in [-0.4, -0.2) is 17.3 Å². The van der Waals surface area contributed by atoms with Crippen LogP contribution in [0.5, 0.6) is 5.75 Å². The third kappa shape index (κ3) is 2.98. The molecule has 0 heterocycles. The highest BCUT2D eigenvalue weighted by Gasteiger charge is 2.14. The zero-order valence-electron chi connectivity index (χ0n) is 10.6. The van der Waals surface area contributed by atoms with E-state index in [0.29, 0.717) is 23.7 Å². The van der Waals surface area contributed by atoms with Gasteiger partial charge in [-0.25, -0.2) is 0 Å². The molecular formula is C14H15NO3S. The van der Waals surface area contributed by atoms with Gasteiger partial charge in [0.05, 0.1) is 16.9 Å². The Morgan fingerprint density at radius 1 is 1.26 bits per heavy atom. The second-order valence-electron chi connectivity index (χ2n) is 4.48. The van der Waals surface area contributed by atoms with Gasteiger partial charge < -0.3 is 4.74 Å². The molecule has 4 nitrogen and oxygen atoms in total. The molecule has 2 aromatic carbocycles. The number of nitrogens with zero attached hydrogens (tertiary/aromatic N) is 1. The van der Waals surface area contributed by atoms with Crippen LogP contribution >= 0.6 is 12.6 Å². The molecule has 2 rings (SSSR count). The van der Waals surface area contributed by atoms with Crippen LogP contribution in [0.25, 0.3) is 10.8 Å². The molecule has 0 saturated heterocycles. The molecule has 0 amide bonds. The van der Waals surface area contributed by atoms with E-state index in [-0.39, 0.29) is 10.6 Å². The predicted octanol–water partition coefficient (Wildman–Crippen LogP) is 3.69. The maximum absolute atomic E-state index is 11.0. The maximum Gasteiger partial charge on any atom is 0.277 e. The average Bonchev–Trinajstić information content (AvgIpc) is 2.43. The Morgan fingerprint density at radius 2 is 1.95 bits per heavy atom. The van der Waals surface area contributed by atoms with Crippen molar-refractivity contribution in [2.24, 2.45) is 5.92 Å². The number of fused-ring (bicyclic) bond motifs is 1. The maximum atomic E-state index is 11.0. The Kier molecular flexibility index (Phi) is 4.27. The van der Waals surface area contributed by atoms with Crippen molar-refractivity contribution >= 4 is 29.1 Å². The summed E-state index contributed by atoms with van der Waals surface area (Å²) in [6.45, 7) is 2.59. The fourth-order valence-electron chi connectivity index (χ4n) is 1.83. The van der Waals surface area contributed by atoms with E-state index < -0.39 is 0 Å². The number of non-ortho nitro benzene ring substituents is 1. The second kappa shape index (κ2) is 5.93. The highest BCUT2D eigenvalue weighted by atomic mass is 32.1. The van der Waals surface area contributed by atoms with Crippen LogP contribution in [0, 0.1) is 16.0 Å². The molecule has 0 aliphatic heterocycles. The number of nitro benzene ring substituents is 1. The first-order valence-corrected chi connectivity index (χ1v) is 6.66. The van der Waals surface area contributed by atoms with Crippen molar-refractivity contribution in [3.8, 4) is 5.75 Å². The summed E-state index contributed by atoms with van der Waals surface area (Å²) in [5.74, 6) is 1.75. The molecule has 0 saturated carbocycles. The van der Waals surface area contributed by atoms with E-state index >= 15 is 0 Å². The average molecular weight is 277 g/mol. The van der Waals surface area contributed by atoms with E-state index in [4.69, 9.17) is 4.74 Å². The van der Waals surface area contributed by atoms with E-state index in [1.807, 2.05) is 19.1 Å². The number of hydrogen-bond donors (Lipinski definition) is 1. The van der Waals surface area contributed by atoms with Gasteiger partial charge in [-0.05, 0) is 23.8 Å². The summed E-state index contributed by atoms with van der Waals surface area (Å²) in [6, 6.07) is 10.4. The van der Waals surface area contributed by atoms with Crippen LogP contribution in [0.4, 0.5) is 5.69 Å². The number of benzene rings is 2. The highest BCUT2D eigenvalue weighted by molar-refractivity contribution is 7.80. The van der Waals surface area contributed by atoms with Gasteiger partial charge in [-0.15, -0.1) is 0 Å². The summed E-state index contributed by atoms with van der Waals surface area (Å²) in [4.78, 5) is 10.6. The van der Waals surface area contributed by atoms with Crippen molar-refractivity contribution < 1.29 is 9.66 Å². The SMILES string of the molecule is CC(CS)COc1ccc([N+](=O)[O-])c2ccccc12. The Balaban J connectivity index is 2.41. The van der Waals surface area contributed by atoms with Crippen molar-refractivity contribution in [1.82, 2.24) is 0 Å². The minimum absolute atomic E-state index is 0.102. The van der Waals surface area contributed by atoms with Gasteiger partial charge in [-0.2, -0.15) is 12.6 Å². The van der Waals surface area contributed by atoms with Crippen molar-refractivity contribution in [2.45, 2.75) is 6.92 Å². The summed E-state index contributed by atoms with van der Waals surface area (Å²) < 4.78 is 5.74. The summed E-state index contributed by atoms with van der Waals surface area (Å²) in [6.07, 6.45) is 0. The molecule has 0 fully saturated rings. The summed E-state index contributed by atoms with van der Waals surface area (Å²) in [7, 11) is 0. The molecule has 0 radical (unpaired) electrons. The van der Waals surface area contributed by atoms with Crippen LogP contribution in [0.15, 0.2) is 36.4 Å². The van der Waals surface area contributed by atoms with Gasteiger partial charge in [0, 0.05) is 11.5 Å². The van der Waals surface area contributed by atoms with Gasteiger partial charge in [0.2, 0.25) is 0 Å². The van der Waals surface area contributed by atoms with Crippen LogP contribution < -0.4 is 4.74 Å². The summed E-state index contributed by atoms with van der Waals surface area (Å²) in [5, 5.41) is 12.4. The first-order valence-electron chi connectivity index (χ1n) is 6.03. The topological polar surface area (TPSA) is 52.4 Å². The molecule has 1 atom stereocenters. The molecule has 5 heteroatoms. The molecule has 2 aromatic rings. The van der Waals surface area contributed by atoms with E-state index in [1.54, 1.807) is 18.2 Å². The lowest BCUT2D eigenvalue weighted by atomic mass is 10.1. The first kappa shape index (κ1) is 13.7. The third-order valence-electron chi connectivity index (χ3n) is 2.89. The number of nitro groups is 1. The highest BCUT2D eigenvalue weighted by Crippen LogP contribution is 2.32. The molecule has 0 aliphatic rings. The zero-order valence-corrected chi connectivity index (χ0v) is 11.5. The van der Waals surface area contributed by atoms with Crippen molar-refractivity contribution in [3.63, 3.8) is 0 Å². The number of rotatable bonds is 5. The standard InChI is InChI=1S/C14H15NO3S/c1-10(9-19)8-18-14-7-6-13(15(16)17)11-4-2-3-5-12(11)14/h2-7,10,19H,8-9H2,1H3. The molecule has 0 bridgehead atoms. The molecule has 0 N–H and O–H groups in total. The van der Waals surface area contributed by atoms with E-state index in [9.17, 15) is 10.1 Å². The quantitative estimate of drug-likeness (QED) is 0.515. The molecule has 100 valence electrons. The first-order chi connectivity index (χ1) is 9.13. The van der Waals surface area contributed by atoms with E-state index in [2.05, 4.69) is 12.6 Å². The molecule has 19 heavy (non-hydrogen) atoms. The van der Waals surface area contributed by atoms with Gasteiger partial charge in [-0.1, -0.05) is 25.1 Å². The summed E-state index contributed by atoms with van der Waals surface area (Å²) in [5.41, 5.74) is 0.102. The Morgan fingerprint density at radius 3 is 2.58 bits per heavy atom.